The molecule has 0 radical (unpaired) electrons. The van der Waals surface area contributed by atoms with Gasteiger partial charge < -0.3 is 16.2 Å². The number of non-ortho nitro benzene ring substituents is 1. The van der Waals surface area contributed by atoms with Gasteiger partial charge in [-0.3, -0.25) is 14.9 Å². The van der Waals surface area contributed by atoms with Crippen LogP contribution in [0.3, 0.4) is 0 Å². The second-order valence-electron chi connectivity index (χ2n) is 4.43. The third-order valence-electron chi connectivity index (χ3n) is 2.81. The fourth-order valence-electron chi connectivity index (χ4n) is 1.75. The van der Waals surface area contributed by atoms with Crippen LogP contribution in [0.4, 0.5) is 17.1 Å². The van der Waals surface area contributed by atoms with Gasteiger partial charge in [0.05, 0.1) is 17.0 Å². The average molecular weight is 287 g/mol. The Bertz CT molecular complexity index is 683. The minimum Gasteiger partial charge on any atom is -0.506 e. The number of aromatic hydroxyl groups is 1. The van der Waals surface area contributed by atoms with Crippen LogP contribution in [0, 0.1) is 10.1 Å². The number of nitro benzene ring substituents is 1. The van der Waals surface area contributed by atoms with E-state index in [4.69, 9.17) is 5.73 Å². The lowest BCUT2D eigenvalue weighted by molar-refractivity contribution is -0.384. The summed E-state index contributed by atoms with van der Waals surface area (Å²) in [6.07, 6.45) is 0.0718. The Kier molecular flexibility index (Phi) is 4.03. The highest BCUT2D eigenvalue weighted by atomic mass is 16.6. The maximum Gasteiger partial charge on any atom is 0.271 e. The fourth-order valence-corrected chi connectivity index (χ4v) is 1.75. The maximum atomic E-state index is 11.9. The highest BCUT2D eigenvalue weighted by molar-refractivity contribution is 5.94. The van der Waals surface area contributed by atoms with Gasteiger partial charge in [-0.1, -0.05) is 12.1 Å². The van der Waals surface area contributed by atoms with Crippen molar-refractivity contribution in [1.29, 1.82) is 0 Å². The molecule has 2 rings (SSSR count). The van der Waals surface area contributed by atoms with Gasteiger partial charge in [-0.25, -0.2) is 0 Å². The number of anilines is 2. The predicted molar refractivity (Wildman–Crippen MR) is 77.9 cm³/mol. The smallest absolute Gasteiger partial charge is 0.271 e. The molecule has 0 heterocycles. The number of phenolic OH excluding ortho intramolecular Hbond substituents is 1. The Labute approximate surface area is 120 Å². The van der Waals surface area contributed by atoms with Gasteiger partial charge in [-0.2, -0.15) is 0 Å². The largest absolute Gasteiger partial charge is 0.506 e. The summed E-state index contributed by atoms with van der Waals surface area (Å²) >= 11 is 0. The second kappa shape index (κ2) is 5.91. The normalized spacial score (nSPS) is 10.1. The molecule has 0 atom stereocenters. The SMILES string of the molecule is Nc1ccc(CC(=O)Nc2cc([N+](=O)[O-])ccc2O)cc1. The van der Waals surface area contributed by atoms with Gasteiger partial charge in [-0.05, 0) is 23.8 Å². The Hall–Kier alpha value is -3.09. The number of carbonyl (C=O) groups excluding carboxylic acids is 1. The molecule has 0 unspecified atom stereocenters. The number of nitrogens with one attached hydrogen (secondary N) is 1. The van der Waals surface area contributed by atoms with E-state index >= 15 is 0 Å². The Morgan fingerprint density at radius 3 is 2.52 bits per heavy atom. The van der Waals surface area contributed by atoms with Crippen molar-refractivity contribution in [3.05, 3.63) is 58.1 Å². The van der Waals surface area contributed by atoms with Crippen LogP contribution >= 0.6 is 0 Å². The fraction of sp³-hybridized carbons (Fsp3) is 0.0714. The van der Waals surface area contributed by atoms with Crippen molar-refractivity contribution in [1.82, 2.24) is 0 Å². The lowest BCUT2D eigenvalue weighted by atomic mass is 10.1. The van der Waals surface area contributed by atoms with E-state index in [1.807, 2.05) is 0 Å². The lowest BCUT2D eigenvalue weighted by Gasteiger charge is -2.07. The van der Waals surface area contributed by atoms with Gasteiger partial charge in [0.15, 0.2) is 0 Å². The van der Waals surface area contributed by atoms with Crippen molar-refractivity contribution in [3.63, 3.8) is 0 Å². The number of hydrogen-bond acceptors (Lipinski definition) is 5. The third kappa shape index (κ3) is 3.69. The number of nitrogens with zero attached hydrogens (tertiary/aromatic N) is 1. The van der Waals surface area contributed by atoms with Crippen LogP contribution in [0.2, 0.25) is 0 Å². The molecule has 0 saturated carbocycles. The third-order valence-corrected chi connectivity index (χ3v) is 2.81. The van der Waals surface area contributed by atoms with Crippen molar-refractivity contribution in [3.8, 4) is 5.75 Å². The van der Waals surface area contributed by atoms with Gasteiger partial charge in [0, 0.05) is 17.8 Å². The van der Waals surface area contributed by atoms with Gasteiger partial charge in [0.1, 0.15) is 5.75 Å². The summed E-state index contributed by atoms with van der Waals surface area (Å²) in [5.74, 6) is -0.623. The van der Waals surface area contributed by atoms with Crippen LogP contribution in [-0.4, -0.2) is 15.9 Å². The maximum absolute atomic E-state index is 11.9. The van der Waals surface area contributed by atoms with E-state index in [0.29, 0.717) is 5.69 Å². The molecule has 2 aromatic carbocycles. The van der Waals surface area contributed by atoms with Gasteiger partial charge in [0.2, 0.25) is 5.91 Å². The minimum absolute atomic E-state index is 0.00430. The van der Waals surface area contributed by atoms with E-state index in [9.17, 15) is 20.0 Å². The van der Waals surface area contributed by atoms with Crippen LogP contribution < -0.4 is 11.1 Å². The Morgan fingerprint density at radius 2 is 1.90 bits per heavy atom. The van der Waals surface area contributed by atoms with E-state index in [1.54, 1.807) is 24.3 Å². The van der Waals surface area contributed by atoms with Gasteiger partial charge in [-0.15, -0.1) is 0 Å². The number of phenols is 1. The number of nitrogens with two attached hydrogens (primary N) is 1. The molecule has 4 N–H and O–H groups in total. The van der Waals surface area contributed by atoms with E-state index in [2.05, 4.69) is 5.32 Å². The minimum atomic E-state index is -0.602. The van der Waals surface area contributed by atoms with Crippen LogP contribution in [0.25, 0.3) is 0 Å². The molecule has 0 saturated heterocycles. The summed E-state index contributed by atoms with van der Waals surface area (Å²) in [7, 11) is 0. The van der Waals surface area contributed by atoms with Crippen molar-refractivity contribution in [2.24, 2.45) is 0 Å². The average Bonchev–Trinajstić information content (AvgIpc) is 2.43. The zero-order chi connectivity index (χ0) is 15.4. The molecular weight excluding hydrogens is 274 g/mol. The summed E-state index contributed by atoms with van der Waals surface area (Å²) in [6.45, 7) is 0. The summed E-state index contributed by atoms with van der Waals surface area (Å²) in [5.41, 5.74) is 6.68. The molecule has 2 aromatic rings. The van der Waals surface area contributed by atoms with Crippen LogP contribution in [0.5, 0.6) is 5.75 Å². The van der Waals surface area contributed by atoms with Gasteiger partial charge in [0.25, 0.3) is 5.69 Å². The number of nitrogen functional groups attached to an aromatic ring is 1. The molecular formula is C14H13N3O4. The zero-order valence-electron chi connectivity index (χ0n) is 10.9. The van der Waals surface area contributed by atoms with Crippen LogP contribution in [0.15, 0.2) is 42.5 Å². The Balaban J connectivity index is 2.10. The molecule has 108 valence electrons. The summed E-state index contributed by atoms with van der Waals surface area (Å²) in [6, 6.07) is 10.2. The monoisotopic (exact) mass is 287 g/mol. The lowest BCUT2D eigenvalue weighted by Crippen LogP contribution is -2.14. The van der Waals surface area contributed by atoms with Crippen molar-refractivity contribution in [2.75, 3.05) is 11.1 Å². The molecule has 0 aliphatic rings. The number of amides is 1. The van der Waals surface area contributed by atoms with E-state index in [-0.39, 0.29) is 23.5 Å². The molecule has 0 bridgehead atoms. The molecule has 7 nitrogen and oxygen atoms in total. The zero-order valence-corrected chi connectivity index (χ0v) is 10.9. The van der Waals surface area contributed by atoms with E-state index in [1.165, 1.54) is 0 Å². The van der Waals surface area contributed by atoms with Crippen molar-refractivity contribution < 1.29 is 14.8 Å². The number of benzene rings is 2. The highest BCUT2D eigenvalue weighted by Gasteiger charge is 2.12. The number of nitro groups is 1. The highest BCUT2D eigenvalue weighted by Crippen LogP contribution is 2.27. The van der Waals surface area contributed by atoms with Crippen LogP contribution in [-0.2, 0) is 11.2 Å². The van der Waals surface area contributed by atoms with Gasteiger partial charge >= 0.3 is 0 Å². The van der Waals surface area contributed by atoms with Crippen LogP contribution in [0.1, 0.15) is 5.56 Å². The molecule has 0 spiro atoms. The molecule has 7 heteroatoms. The standard InChI is InChI=1S/C14H13N3O4/c15-10-3-1-9(2-4-10)7-14(19)16-12-8-11(17(20)21)5-6-13(12)18/h1-6,8,18H,7,15H2,(H,16,19). The molecule has 0 aromatic heterocycles. The first-order valence-corrected chi connectivity index (χ1v) is 6.07. The quantitative estimate of drug-likeness (QED) is 0.344. The first-order chi connectivity index (χ1) is 9.95. The first-order valence-electron chi connectivity index (χ1n) is 6.07. The molecule has 0 aliphatic carbocycles. The Morgan fingerprint density at radius 1 is 1.24 bits per heavy atom. The molecule has 0 aliphatic heterocycles. The van der Waals surface area contributed by atoms with E-state index in [0.717, 1.165) is 23.8 Å². The predicted octanol–water partition coefficient (Wildman–Crippen LogP) is 2.06. The number of hydrogen-bond donors (Lipinski definition) is 3. The summed E-state index contributed by atoms with van der Waals surface area (Å²) in [4.78, 5) is 21.9. The first kappa shape index (κ1) is 14.3. The summed E-state index contributed by atoms with van der Waals surface area (Å²) < 4.78 is 0. The second-order valence-corrected chi connectivity index (χ2v) is 4.43. The number of rotatable bonds is 4. The molecule has 0 fully saturated rings. The van der Waals surface area contributed by atoms with E-state index < -0.39 is 10.8 Å². The summed E-state index contributed by atoms with van der Waals surface area (Å²) in [5, 5.41) is 22.7. The number of carbonyl (C=O) groups is 1. The topological polar surface area (TPSA) is 118 Å². The molecule has 21 heavy (non-hydrogen) atoms. The molecule has 1 amide bonds. The van der Waals surface area contributed by atoms with Crippen molar-refractivity contribution in [2.45, 2.75) is 6.42 Å². The van der Waals surface area contributed by atoms with Crippen molar-refractivity contribution >= 4 is 23.0 Å².